The van der Waals surface area contributed by atoms with E-state index in [9.17, 15) is 9.18 Å². The molecule has 0 saturated carbocycles. The highest BCUT2D eigenvalue weighted by Gasteiger charge is 2.16. The molecule has 1 rings (SSSR count). The van der Waals surface area contributed by atoms with E-state index in [0.29, 0.717) is 6.42 Å². The molecule has 19 heavy (non-hydrogen) atoms. The van der Waals surface area contributed by atoms with Crippen LogP contribution in [0.15, 0.2) is 18.2 Å². The number of ether oxygens (including phenoxy) is 1. The molecule has 1 aromatic rings. The summed E-state index contributed by atoms with van der Waals surface area (Å²) < 4.78 is 18.3. The van der Waals surface area contributed by atoms with Crippen LogP contribution >= 0.6 is 12.2 Å². The zero-order chi connectivity index (χ0) is 14.4. The van der Waals surface area contributed by atoms with Gasteiger partial charge in [0.05, 0.1) is 18.1 Å². The number of methoxy groups -OCH3 is 1. The molecule has 104 valence electrons. The van der Waals surface area contributed by atoms with E-state index in [0.717, 1.165) is 12.5 Å². The molecule has 0 aliphatic heterocycles. The predicted molar refractivity (Wildman–Crippen MR) is 75.9 cm³/mol. The molecular weight excluding hydrogens is 267 g/mol. The maximum Gasteiger partial charge on any atom is 0.251 e. The minimum Gasteiger partial charge on any atom is -0.494 e. The van der Waals surface area contributed by atoms with Crippen molar-refractivity contribution in [3.63, 3.8) is 0 Å². The average molecular weight is 284 g/mol. The molecule has 0 aromatic heterocycles. The van der Waals surface area contributed by atoms with Crippen LogP contribution in [0, 0.1) is 5.82 Å². The number of carbonyl (C=O) groups is 1. The summed E-state index contributed by atoms with van der Waals surface area (Å²) in [4.78, 5) is 12.2. The van der Waals surface area contributed by atoms with Gasteiger partial charge in [-0.2, -0.15) is 0 Å². The third-order valence-corrected chi connectivity index (χ3v) is 2.92. The molecule has 0 heterocycles. The number of carbonyl (C=O) groups excluding carboxylic acids is 1. The summed E-state index contributed by atoms with van der Waals surface area (Å²) in [5.74, 6) is -0.902. The summed E-state index contributed by atoms with van der Waals surface area (Å²) >= 11 is 4.89. The fourth-order valence-corrected chi connectivity index (χ4v) is 1.80. The van der Waals surface area contributed by atoms with E-state index < -0.39 is 11.7 Å². The molecular formula is C13H17FN2O2S. The normalized spacial score (nSPS) is 11.7. The largest absolute Gasteiger partial charge is 0.494 e. The second-order valence-corrected chi connectivity index (χ2v) is 4.54. The van der Waals surface area contributed by atoms with Crippen LogP contribution in [-0.2, 0) is 0 Å². The van der Waals surface area contributed by atoms with Crippen LogP contribution in [-0.4, -0.2) is 24.0 Å². The van der Waals surface area contributed by atoms with Crippen molar-refractivity contribution < 1.29 is 13.9 Å². The van der Waals surface area contributed by atoms with Gasteiger partial charge in [-0.25, -0.2) is 4.39 Å². The Balaban J connectivity index is 2.82. The maximum atomic E-state index is 13.5. The summed E-state index contributed by atoms with van der Waals surface area (Å²) in [6, 6.07) is 3.63. The van der Waals surface area contributed by atoms with Gasteiger partial charge in [0, 0.05) is 5.56 Å². The van der Waals surface area contributed by atoms with Crippen LogP contribution in [0.2, 0.25) is 0 Å². The molecule has 6 heteroatoms. The highest BCUT2D eigenvalue weighted by molar-refractivity contribution is 7.80. The summed E-state index contributed by atoms with van der Waals surface area (Å²) in [6.07, 6.45) is 1.49. The molecule has 1 aromatic carbocycles. The first-order valence-electron chi connectivity index (χ1n) is 5.93. The summed E-state index contributed by atoms with van der Waals surface area (Å²) in [5, 5.41) is 2.69. The molecule has 1 unspecified atom stereocenters. The first kappa shape index (κ1) is 15.4. The van der Waals surface area contributed by atoms with Crippen molar-refractivity contribution in [2.45, 2.75) is 25.8 Å². The number of amides is 1. The molecule has 1 atom stereocenters. The standard InChI is InChI=1S/C13H17FN2O2S/c1-3-4-10(12(15)19)16-13(17)8-5-6-11(18-2)9(14)7-8/h5-7,10H,3-4H2,1-2H3,(H2,15,19)(H,16,17). The number of hydrogen-bond donors (Lipinski definition) is 2. The highest BCUT2D eigenvalue weighted by atomic mass is 32.1. The maximum absolute atomic E-state index is 13.5. The monoisotopic (exact) mass is 284 g/mol. The van der Waals surface area contributed by atoms with Gasteiger partial charge in [-0.3, -0.25) is 4.79 Å². The van der Waals surface area contributed by atoms with E-state index in [4.69, 9.17) is 22.7 Å². The van der Waals surface area contributed by atoms with E-state index in [1.54, 1.807) is 0 Å². The van der Waals surface area contributed by atoms with E-state index >= 15 is 0 Å². The zero-order valence-electron chi connectivity index (χ0n) is 10.9. The Kier molecular flexibility index (Phi) is 5.69. The van der Waals surface area contributed by atoms with E-state index in [-0.39, 0.29) is 22.3 Å². The quantitative estimate of drug-likeness (QED) is 0.784. The lowest BCUT2D eigenvalue weighted by Crippen LogP contribution is -2.43. The van der Waals surface area contributed by atoms with E-state index in [1.165, 1.54) is 19.2 Å². The number of thiocarbonyl (C=S) groups is 1. The molecule has 0 fully saturated rings. The van der Waals surface area contributed by atoms with Gasteiger partial charge in [0.2, 0.25) is 0 Å². The third-order valence-electron chi connectivity index (χ3n) is 2.64. The second-order valence-electron chi connectivity index (χ2n) is 4.07. The van der Waals surface area contributed by atoms with E-state index in [2.05, 4.69) is 5.32 Å². The summed E-state index contributed by atoms with van der Waals surface area (Å²) in [5.41, 5.74) is 5.75. The van der Waals surface area contributed by atoms with Gasteiger partial charge in [-0.05, 0) is 24.6 Å². The van der Waals surface area contributed by atoms with Gasteiger partial charge < -0.3 is 15.8 Å². The van der Waals surface area contributed by atoms with Gasteiger partial charge in [-0.1, -0.05) is 25.6 Å². The lowest BCUT2D eigenvalue weighted by atomic mass is 10.1. The van der Waals surface area contributed by atoms with Crippen molar-refractivity contribution >= 4 is 23.1 Å². The van der Waals surface area contributed by atoms with Crippen LogP contribution in [0.4, 0.5) is 4.39 Å². The molecule has 0 radical (unpaired) electrons. The first-order valence-corrected chi connectivity index (χ1v) is 6.34. The summed E-state index contributed by atoms with van der Waals surface area (Å²) in [7, 11) is 1.36. The topological polar surface area (TPSA) is 64.3 Å². The number of hydrogen-bond acceptors (Lipinski definition) is 3. The van der Waals surface area contributed by atoms with Crippen LogP contribution in [0.3, 0.4) is 0 Å². The zero-order valence-corrected chi connectivity index (χ0v) is 11.7. The lowest BCUT2D eigenvalue weighted by Gasteiger charge is -2.16. The van der Waals surface area contributed by atoms with Crippen molar-refractivity contribution in [1.29, 1.82) is 0 Å². The Morgan fingerprint density at radius 1 is 1.58 bits per heavy atom. The molecule has 0 aliphatic carbocycles. The van der Waals surface area contributed by atoms with Gasteiger partial charge >= 0.3 is 0 Å². The number of nitrogens with two attached hydrogens (primary N) is 1. The predicted octanol–water partition coefficient (Wildman–Crippen LogP) is 2.02. The molecule has 4 nitrogen and oxygen atoms in total. The van der Waals surface area contributed by atoms with Gasteiger partial charge in [0.15, 0.2) is 11.6 Å². The SMILES string of the molecule is CCCC(NC(=O)c1ccc(OC)c(F)c1)C(N)=S. The third kappa shape index (κ3) is 4.17. The minimum absolute atomic E-state index is 0.0935. The Morgan fingerprint density at radius 2 is 2.26 bits per heavy atom. The molecule has 0 aliphatic rings. The Hall–Kier alpha value is -1.69. The number of rotatable bonds is 6. The number of nitrogens with one attached hydrogen (secondary N) is 1. The lowest BCUT2D eigenvalue weighted by molar-refractivity contribution is 0.0945. The second kappa shape index (κ2) is 7.04. The smallest absolute Gasteiger partial charge is 0.251 e. The van der Waals surface area contributed by atoms with Crippen LogP contribution < -0.4 is 15.8 Å². The van der Waals surface area contributed by atoms with Crippen LogP contribution in [0.25, 0.3) is 0 Å². The van der Waals surface area contributed by atoms with Gasteiger partial charge in [-0.15, -0.1) is 0 Å². The molecule has 0 bridgehead atoms. The van der Waals surface area contributed by atoms with Crippen LogP contribution in [0.5, 0.6) is 5.75 Å². The van der Waals surface area contributed by atoms with Gasteiger partial charge in [0.1, 0.15) is 0 Å². The first-order chi connectivity index (χ1) is 8.99. The van der Waals surface area contributed by atoms with Crippen molar-refractivity contribution in [3.8, 4) is 5.75 Å². The Labute approximate surface area is 117 Å². The molecule has 0 spiro atoms. The van der Waals surface area contributed by atoms with Crippen molar-refractivity contribution in [3.05, 3.63) is 29.6 Å². The summed E-state index contributed by atoms with van der Waals surface area (Å²) in [6.45, 7) is 1.96. The van der Waals surface area contributed by atoms with Crippen molar-refractivity contribution in [2.75, 3.05) is 7.11 Å². The fraction of sp³-hybridized carbons (Fsp3) is 0.385. The Morgan fingerprint density at radius 3 is 2.74 bits per heavy atom. The molecule has 3 N–H and O–H groups in total. The number of benzene rings is 1. The number of halogens is 1. The minimum atomic E-state index is -0.586. The average Bonchev–Trinajstić information content (AvgIpc) is 2.37. The highest BCUT2D eigenvalue weighted by Crippen LogP contribution is 2.17. The fourth-order valence-electron chi connectivity index (χ4n) is 1.62. The van der Waals surface area contributed by atoms with Gasteiger partial charge in [0.25, 0.3) is 5.91 Å². The Bertz CT molecular complexity index is 480. The van der Waals surface area contributed by atoms with Crippen LogP contribution in [0.1, 0.15) is 30.1 Å². The van der Waals surface area contributed by atoms with Crippen molar-refractivity contribution in [2.24, 2.45) is 5.73 Å². The molecule has 1 amide bonds. The van der Waals surface area contributed by atoms with Crippen molar-refractivity contribution in [1.82, 2.24) is 5.32 Å². The van der Waals surface area contributed by atoms with E-state index in [1.807, 2.05) is 6.92 Å². The molecule has 0 saturated heterocycles.